The molecule has 0 saturated carbocycles. The smallest absolute Gasteiger partial charge is 0.126 e. The van der Waals surface area contributed by atoms with Gasteiger partial charge in [-0.1, -0.05) is 36.4 Å². The molecule has 0 unspecified atom stereocenters. The fourth-order valence-electron chi connectivity index (χ4n) is 1.88. The Hall–Kier alpha value is -2.00. The van der Waals surface area contributed by atoms with Crippen molar-refractivity contribution in [2.45, 2.75) is 6.92 Å². The van der Waals surface area contributed by atoms with Crippen LogP contribution < -0.4 is 0 Å². The highest BCUT2D eigenvalue weighted by molar-refractivity contribution is 7.13. The molecule has 0 spiro atoms. The molecular weight excluding hydrogens is 240 g/mol. The Kier molecular flexibility index (Phi) is 2.90. The van der Waals surface area contributed by atoms with E-state index in [9.17, 15) is 0 Å². The van der Waals surface area contributed by atoms with Gasteiger partial charge in [0, 0.05) is 5.56 Å². The van der Waals surface area contributed by atoms with Crippen molar-refractivity contribution in [2.75, 3.05) is 0 Å². The lowest BCUT2D eigenvalue weighted by Gasteiger charge is -2.04. The lowest BCUT2D eigenvalue weighted by atomic mass is 10.1. The summed E-state index contributed by atoms with van der Waals surface area (Å²) in [5.41, 5.74) is 3.10. The number of aryl methyl sites for hydroxylation is 1. The summed E-state index contributed by atoms with van der Waals surface area (Å²) < 4.78 is 0. The van der Waals surface area contributed by atoms with Gasteiger partial charge in [-0.2, -0.15) is 0 Å². The Morgan fingerprint density at radius 2 is 1.67 bits per heavy atom. The predicted octanol–water partition coefficient (Wildman–Crippen LogP) is 4.18. The summed E-state index contributed by atoms with van der Waals surface area (Å²) in [4.78, 5) is 10.2. The van der Waals surface area contributed by atoms with E-state index in [1.165, 1.54) is 4.88 Å². The third-order valence-corrected chi connectivity index (χ3v) is 3.57. The maximum Gasteiger partial charge on any atom is 0.126 e. The summed E-state index contributed by atoms with van der Waals surface area (Å²) in [6.07, 6.45) is 0. The minimum Gasteiger partial charge on any atom is -0.233 e. The molecule has 3 heteroatoms. The molecule has 18 heavy (non-hydrogen) atoms. The van der Waals surface area contributed by atoms with Crippen LogP contribution in [0.5, 0.6) is 0 Å². The molecule has 0 radical (unpaired) electrons. The monoisotopic (exact) mass is 252 g/mol. The number of nitrogens with zero attached hydrogens (tertiary/aromatic N) is 2. The van der Waals surface area contributed by atoms with Gasteiger partial charge in [0.2, 0.25) is 0 Å². The highest BCUT2D eigenvalue weighted by Gasteiger charge is 2.06. The molecule has 2 heterocycles. The van der Waals surface area contributed by atoms with Crippen molar-refractivity contribution in [2.24, 2.45) is 0 Å². The highest BCUT2D eigenvalue weighted by Crippen LogP contribution is 2.26. The summed E-state index contributed by atoms with van der Waals surface area (Å²) in [7, 11) is 0. The van der Waals surface area contributed by atoms with Crippen LogP contribution in [0.15, 0.2) is 53.9 Å². The van der Waals surface area contributed by atoms with E-state index >= 15 is 0 Å². The second-order valence-electron chi connectivity index (χ2n) is 4.03. The largest absolute Gasteiger partial charge is 0.233 e. The third-order valence-electron chi connectivity index (χ3n) is 2.68. The standard InChI is InChI=1S/C15H12N2S/c1-11-16-13(12-6-3-2-4-7-12)10-14(17-11)15-8-5-9-18-15/h2-10H,1H3. The molecule has 0 bridgehead atoms. The van der Waals surface area contributed by atoms with Crippen LogP contribution in [0, 0.1) is 6.92 Å². The quantitative estimate of drug-likeness (QED) is 0.683. The van der Waals surface area contributed by atoms with Gasteiger partial charge in [-0.3, -0.25) is 0 Å². The topological polar surface area (TPSA) is 25.8 Å². The van der Waals surface area contributed by atoms with Gasteiger partial charge in [-0.05, 0) is 24.4 Å². The molecule has 0 N–H and O–H groups in total. The Morgan fingerprint density at radius 3 is 2.39 bits per heavy atom. The molecule has 1 aromatic carbocycles. The van der Waals surface area contributed by atoms with Crippen molar-refractivity contribution in [3.05, 3.63) is 59.7 Å². The normalized spacial score (nSPS) is 10.5. The Labute approximate surface area is 110 Å². The average Bonchev–Trinajstić information content (AvgIpc) is 2.93. The molecule has 0 amide bonds. The first-order valence-corrected chi connectivity index (χ1v) is 6.66. The summed E-state index contributed by atoms with van der Waals surface area (Å²) >= 11 is 1.70. The van der Waals surface area contributed by atoms with Crippen molar-refractivity contribution >= 4 is 11.3 Å². The van der Waals surface area contributed by atoms with Crippen LogP contribution in [0.1, 0.15) is 5.82 Å². The minimum atomic E-state index is 0.805. The van der Waals surface area contributed by atoms with Gasteiger partial charge in [-0.15, -0.1) is 11.3 Å². The van der Waals surface area contributed by atoms with Crippen molar-refractivity contribution in [3.63, 3.8) is 0 Å². The zero-order valence-electron chi connectivity index (χ0n) is 10.00. The van der Waals surface area contributed by atoms with Crippen LogP contribution in [0.2, 0.25) is 0 Å². The zero-order valence-corrected chi connectivity index (χ0v) is 10.8. The first-order chi connectivity index (χ1) is 8.83. The highest BCUT2D eigenvalue weighted by atomic mass is 32.1. The molecule has 0 aliphatic carbocycles. The second-order valence-corrected chi connectivity index (χ2v) is 4.98. The molecule has 3 rings (SSSR count). The first kappa shape index (κ1) is 11.1. The van der Waals surface area contributed by atoms with Crippen molar-refractivity contribution in [1.29, 1.82) is 0 Å². The number of aromatic nitrogens is 2. The molecular formula is C15H12N2S. The number of hydrogen-bond acceptors (Lipinski definition) is 3. The Bertz CT molecular complexity index is 646. The van der Waals surface area contributed by atoms with E-state index in [-0.39, 0.29) is 0 Å². The predicted molar refractivity (Wildman–Crippen MR) is 75.5 cm³/mol. The number of thiophene rings is 1. The summed E-state index contributed by atoms with van der Waals surface area (Å²) in [5.74, 6) is 0.805. The lowest BCUT2D eigenvalue weighted by molar-refractivity contribution is 1.07. The van der Waals surface area contributed by atoms with Crippen LogP contribution in [0.3, 0.4) is 0 Å². The molecule has 0 aliphatic rings. The minimum absolute atomic E-state index is 0.805. The van der Waals surface area contributed by atoms with E-state index in [1.807, 2.05) is 37.3 Å². The molecule has 3 aromatic rings. The van der Waals surface area contributed by atoms with Crippen LogP contribution in [-0.2, 0) is 0 Å². The number of rotatable bonds is 2. The maximum atomic E-state index is 4.51. The molecule has 88 valence electrons. The van der Waals surface area contributed by atoms with Crippen LogP contribution in [0.4, 0.5) is 0 Å². The van der Waals surface area contributed by atoms with E-state index in [4.69, 9.17) is 0 Å². The van der Waals surface area contributed by atoms with E-state index in [1.54, 1.807) is 11.3 Å². The van der Waals surface area contributed by atoms with Crippen molar-refractivity contribution in [3.8, 4) is 21.8 Å². The second kappa shape index (κ2) is 4.70. The Balaban J connectivity index is 2.12. The van der Waals surface area contributed by atoms with Crippen molar-refractivity contribution in [1.82, 2.24) is 9.97 Å². The fraction of sp³-hybridized carbons (Fsp3) is 0.0667. The number of benzene rings is 1. The lowest BCUT2D eigenvalue weighted by Crippen LogP contribution is -1.93. The Morgan fingerprint density at radius 1 is 0.889 bits per heavy atom. The molecule has 2 aromatic heterocycles. The van der Waals surface area contributed by atoms with Crippen LogP contribution in [-0.4, -0.2) is 9.97 Å². The van der Waals surface area contributed by atoms with Crippen LogP contribution >= 0.6 is 11.3 Å². The van der Waals surface area contributed by atoms with Crippen molar-refractivity contribution < 1.29 is 0 Å². The molecule has 0 aliphatic heterocycles. The summed E-state index contributed by atoms with van der Waals surface area (Å²) in [6, 6.07) is 16.4. The van der Waals surface area contributed by atoms with E-state index in [0.29, 0.717) is 0 Å². The number of hydrogen-bond donors (Lipinski definition) is 0. The molecule has 0 atom stereocenters. The molecule has 0 fully saturated rings. The zero-order chi connectivity index (χ0) is 12.4. The molecule has 0 saturated heterocycles. The van der Waals surface area contributed by atoms with E-state index in [0.717, 1.165) is 22.8 Å². The van der Waals surface area contributed by atoms with Gasteiger partial charge in [0.15, 0.2) is 0 Å². The van der Waals surface area contributed by atoms with Crippen LogP contribution in [0.25, 0.3) is 21.8 Å². The van der Waals surface area contributed by atoms with E-state index < -0.39 is 0 Å². The van der Waals surface area contributed by atoms with Gasteiger partial charge < -0.3 is 0 Å². The van der Waals surface area contributed by atoms with Gasteiger partial charge in [0.1, 0.15) is 5.82 Å². The van der Waals surface area contributed by atoms with Gasteiger partial charge >= 0.3 is 0 Å². The third kappa shape index (κ3) is 2.17. The fourth-order valence-corrected chi connectivity index (χ4v) is 2.56. The maximum absolute atomic E-state index is 4.51. The first-order valence-electron chi connectivity index (χ1n) is 5.78. The summed E-state index contributed by atoms with van der Waals surface area (Å²) in [5, 5.41) is 2.06. The van der Waals surface area contributed by atoms with Gasteiger partial charge in [0.25, 0.3) is 0 Å². The van der Waals surface area contributed by atoms with Gasteiger partial charge in [-0.25, -0.2) is 9.97 Å². The average molecular weight is 252 g/mol. The van der Waals surface area contributed by atoms with Gasteiger partial charge in [0.05, 0.1) is 16.3 Å². The SMILES string of the molecule is Cc1nc(-c2ccccc2)cc(-c2cccs2)n1. The molecule has 2 nitrogen and oxygen atoms in total. The van der Waals surface area contributed by atoms with E-state index in [2.05, 4.69) is 33.5 Å². The summed E-state index contributed by atoms with van der Waals surface area (Å²) in [6.45, 7) is 1.93.